The van der Waals surface area contributed by atoms with Gasteiger partial charge in [0.15, 0.2) is 5.69 Å². The number of aromatic nitrogens is 2. The van der Waals surface area contributed by atoms with Gasteiger partial charge >= 0.3 is 11.5 Å². The zero-order valence-corrected chi connectivity index (χ0v) is 10.5. The summed E-state index contributed by atoms with van der Waals surface area (Å²) in [4.78, 5) is 38.3. The summed E-state index contributed by atoms with van der Waals surface area (Å²) in [5, 5.41) is 10.9. The van der Waals surface area contributed by atoms with Crippen LogP contribution in [0.1, 0.15) is 13.3 Å². The molecule has 0 aliphatic heterocycles. The Morgan fingerprint density at radius 2 is 2.00 bits per heavy atom. The molecule has 1 aromatic heterocycles. The number of nitrogens with zero attached hydrogens (tertiary/aromatic N) is 2. The maximum absolute atomic E-state index is 11.7. The molecule has 0 atom stereocenters. The Bertz CT molecular complexity index is 532. The maximum atomic E-state index is 11.7. The molecule has 1 aromatic rings. The monoisotopic (exact) mass is 276 g/mol. The zero-order valence-electron chi connectivity index (χ0n) is 9.73. The number of nitrogens with one attached hydrogen (secondary N) is 2. The van der Waals surface area contributed by atoms with E-state index in [9.17, 15) is 19.7 Å². The molecule has 0 saturated carbocycles. The molecule has 0 aliphatic carbocycles. The average molecular weight is 277 g/mol. The van der Waals surface area contributed by atoms with Gasteiger partial charge in [0, 0.05) is 19.0 Å². The van der Waals surface area contributed by atoms with Gasteiger partial charge in [0.2, 0.25) is 0 Å². The number of halogens is 1. The third-order valence-electron chi connectivity index (χ3n) is 2.25. The first-order valence-corrected chi connectivity index (χ1v) is 5.86. The van der Waals surface area contributed by atoms with E-state index >= 15 is 0 Å². The topological polar surface area (TPSA) is 112 Å². The fourth-order valence-electron chi connectivity index (χ4n) is 1.60. The molecule has 8 nitrogen and oxygen atoms in total. The van der Waals surface area contributed by atoms with Crippen molar-refractivity contribution in [1.29, 1.82) is 0 Å². The van der Waals surface area contributed by atoms with E-state index in [0.29, 0.717) is 13.0 Å². The summed E-state index contributed by atoms with van der Waals surface area (Å²) >= 11 is 5.60. The largest absolute Gasteiger partial charge is 0.413 e. The molecule has 0 spiro atoms. The second-order valence-corrected chi connectivity index (χ2v) is 3.92. The minimum Gasteiger partial charge on any atom is -0.359 e. The molecule has 1 rings (SSSR count). The van der Waals surface area contributed by atoms with E-state index < -0.39 is 22.0 Å². The number of H-pyrrole nitrogens is 2. The van der Waals surface area contributed by atoms with E-state index in [-0.39, 0.29) is 18.1 Å². The number of nitro groups is 1. The smallest absolute Gasteiger partial charge is 0.359 e. The number of hydrogen-bond donors (Lipinski definition) is 2. The summed E-state index contributed by atoms with van der Waals surface area (Å²) in [6, 6.07) is 0. The molecule has 0 amide bonds. The molecular weight excluding hydrogens is 264 g/mol. The van der Waals surface area contributed by atoms with Crippen LogP contribution >= 0.6 is 11.6 Å². The van der Waals surface area contributed by atoms with Gasteiger partial charge in [0.1, 0.15) is 0 Å². The highest BCUT2D eigenvalue weighted by molar-refractivity contribution is 6.18. The first kappa shape index (κ1) is 14.2. The number of hydrogen-bond acceptors (Lipinski definition) is 5. The molecule has 0 bridgehead atoms. The number of rotatable bonds is 6. The van der Waals surface area contributed by atoms with Gasteiger partial charge in [-0.2, -0.15) is 4.98 Å². The first-order valence-electron chi connectivity index (χ1n) is 5.33. The van der Waals surface area contributed by atoms with Crippen molar-refractivity contribution in [2.45, 2.75) is 13.3 Å². The van der Waals surface area contributed by atoms with Crippen LogP contribution in [0.5, 0.6) is 0 Å². The number of aromatic amines is 2. The lowest BCUT2D eigenvalue weighted by Gasteiger charge is -2.21. The lowest BCUT2D eigenvalue weighted by atomic mass is 10.3. The van der Waals surface area contributed by atoms with Gasteiger partial charge in [-0.3, -0.25) is 9.78 Å². The Labute approximate surface area is 107 Å². The molecule has 0 radical (unpaired) electrons. The van der Waals surface area contributed by atoms with E-state index in [1.807, 2.05) is 16.9 Å². The van der Waals surface area contributed by atoms with Crippen LogP contribution < -0.4 is 16.1 Å². The lowest BCUT2D eigenvalue weighted by Crippen LogP contribution is -2.35. The van der Waals surface area contributed by atoms with Crippen LogP contribution in [-0.2, 0) is 0 Å². The normalized spacial score (nSPS) is 10.3. The van der Waals surface area contributed by atoms with Gasteiger partial charge in [-0.15, -0.1) is 11.6 Å². The van der Waals surface area contributed by atoms with Gasteiger partial charge in [-0.1, -0.05) is 6.92 Å². The van der Waals surface area contributed by atoms with Crippen LogP contribution in [0.15, 0.2) is 9.59 Å². The fraction of sp³-hybridized carbons (Fsp3) is 0.556. The SMILES string of the molecule is CCCN(CCCl)c1c([N+](=O)[O-])[nH]c(=O)[nH]c1=O. The summed E-state index contributed by atoms with van der Waals surface area (Å²) in [6.45, 7) is 2.58. The predicted molar refractivity (Wildman–Crippen MR) is 67.6 cm³/mol. The van der Waals surface area contributed by atoms with Crippen LogP contribution in [0.3, 0.4) is 0 Å². The molecule has 9 heteroatoms. The van der Waals surface area contributed by atoms with Crippen molar-refractivity contribution in [1.82, 2.24) is 9.97 Å². The molecule has 1 heterocycles. The fourth-order valence-corrected chi connectivity index (χ4v) is 1.80. The Morgan fingerprint density at radius 1 is 1.33 bits per heavy atom. The molecule has 0 unspecified atom stereocenters. The second-order valence-electron chi connectivity index (χ2n) is 3.54. The Morgan fingerprint density at radius 3 is 2.50 bits per heavy atom. The summed E-state index contributed by atoms with van der Waals surface area (Å²) < 4.78 is 0. The van der Waals surface area contributed by atoms with E-state index in [1.165, 1.54) is 4.90 Å². The van der Waals surface area contributed by atoms with Gasteiger partial charge in [-0.25, -0.2) is 4.79 Å². The van der Waals surface area contributed by atoms with Crippen LogP contribution in [0.25, 0.3) is 0 Å². The van der Waals surface area contributed by atoms with E-state index in [0.717, 1.165) is 0 Å². The van der Waals surface area contributed by atoms with Crippen LogP contribution in [0, 0.1) is 10.1 Å². The third kappa shape index (κ3) is 3.10. The van der Waals surface area contributed by atoms with Crippen molar-refractivity contribution >= 4 is 23.1 Å². The van der Waals surface area contributed by atoms with Crippen molar-refractivity contribution in [2.24, 2.45) is 0 Å². The second kappa shape index (κ2) is 6.20. The summed E-state index contributed by atoms with van der Waals surface area (Å²) in [6.07, 6.45) is 0.687. The van der Waals surface area contributed by atoms with Crippen molar-refractivity contribution in [3.05, 3.63) is 31.0 Å². The highest BCUT2D eigenvalue weighted by Gasteiger charge is 2.23. The number of anilines is 1. The van der Waals surface area contributed by atoms with E-state index in [1.54, 1.807) is 0 Å². The Balaban J connectivity index is 3.39. The molecule has 0 aliphatic rings. The van der Waals surface area contributed by atoms with Crippen LogP contribution in [0.2, 0.25) is 0 Å². The average Bonchev–Trinajstić information content (AvgIpc) is 2.27. The molecule has 0 fully saturated rings. The molecule has 100 valence electrons. The Kier molecular flexibility index (Phi) is 4.90. The standard InChI is InChI=1S/C9H13ClN4O4/c1-2-4-13(5-3-10)6-7(14(17)18)11-9(16)12-8(6)15/h2-5H2,1H3,(H2,11,12,15,16). The minimum absolute atomic E-state index is 0.165. The van der Waals surface area contributed by atoms with Crippen LogP contribution in [-0.4, -0.2) is 33.9 Å². The third-order valence-corrected chi connectivity index (χ3v) is 2.41. The first-order chi connectivity index (χ1) is 8.51. The molecule has 0 aromatic carbocycles. The van der Waals surface area contributed by atoms with Gasteiger partial charge in [0.25, 0.3) is 5.56 Å². The minimum atomic E-state index is -0.905. The Hall–Kier alpha value is -1.83. The van der Waals surface area contributed by atoms with Crippen molar-refractivity contribution in [3.63, 3.8) is 0 Å². The molecule has 18 heavy (non-hydrogen) atoms. The quantitative estimate of drug-likeness (QED) is 0.444. The van der Waals surface area contributed by atoms with Crippen molar-refractivity contribution in [2.75, 3.05) is 23.9 Å². The zero-order chi connectivity index (χ0) is 13.7. The summed E-state index contributed by atoms with van der Waals surface area (Å²) in [5.74, 6) is -0.391. The summed E-state index contributed by atoms with van der Waals surface area (Å²) in [7, 11) is 0. The van der Waals surface area contributed by atoms with Gasteiger partial charge < -0.3 is 15.0 Å². The van der Waals surface area contributed by atoms with E-state index in [4.69, 9.17) is 11.6 Å². The highest BCUT2D eigenvalue weighted by atomic mass is 35.5. The van der Waals surface area contributed by atoms with Gasteiger partial charge in [0.05, 0.1) is 0 Å². The number of alkyl halides is 1. The van der Waals surface area contributed by atoms with Crippen molar-refractivity contribution < 1.29 is 4.92 Å². The molecule has 2 N–H and O–H groups in total. The molecular formula is C9H13ClN4O4. The highest BCUT2D eigenvalue weighted by Crippen LogP contribution is 2.19. The maximum Gasteiger partial charge on any atom is 0.413 e. The summed E-state index contributed by atoms with van der Waals surface area (Å²) in [5.41, 5.74) is -1.86. The van der Waals surface area contributed by atoms with Crippen molar-refractivity contribution in [3.8, 4) is 0 Å². The van der Waals surface area contributed by atoms with Gasteiger partial charge in [-0.05, 0) is 11.3 Å². The lowest BCUT2D eigenvalue weighted by molar-refractivity contribution is -0.389. The molecule has 0 saturated heterocycles. The van der Waals surface area contributed by atoms with Crippen LogP contribution in [0.4, 0.5) is 11.5 Å². The predicted octanol–water partition coefficient (Wildman–Crippen LogP) is 0.427. The van der Waals surface area contributed by atoms with E-state index in [2.05, 4.69) is 0 Å².